The van der Waals surface area contributed by atoms with E-state index in [9.17, 15) is 9.59 Å². The van der Waals surface area contributed by atoms with E-state index in [1.165, 1.54) is 0 Å². The highest BCUT2D eigenvalue weighted by Crippen LogP contribution is 2.16. The highest BCUT2D eigenvalue weighted by Gasteiger charge is 2.27. The van der Waals surface area contributed by atoms with Crippen molar-refractivity contribution in [1.82, 2.24) is 4.90 Å². The summed E-state index contributed by atoms with van der Waals surface area (Å²) in [6.45, 7) is 2.31. The minimum absolute atomic E-state index is 0. The molecule has 0 aromatic rings. The Morgan fingerprint density at radius 1 is 1.67 bits per heavy atom. The van der Waals surface area contributed by atoms with E-state index in [0.29, 0.717) is 18.9 Å². The molecule has 1 rings (SSSR count). The van der Waals surface area contributed by atoms with E-state index in [2.05, 4.69) is 0 Å². The Bertz CT molecular complexity index is 195. The van der Waals surface area contributed by atoms with Crippen molar-refractivity contribution in [1.29, 1.82) is 0 Å². The van der Waals surface area contributed by atoms with Crippen LogP contribution < -0.4 is 0 Å². The minimum Gasteiger partial charge on any atom is -0.465 e. The first-order valence-electron chi connectivity index (χ1n) is 3.64. The minimum atomic E-state index is -1.12. The number of halogens is 1. The normalized spacial score (nSPS) is 23.2. The summed E-state index contributed by atoms with van der Waals surface area (Å²) in [4.78, 5) is 22.3. The molecule has 1 fully saturated rings. The molecule has 1 N–H and O–H groups in total. The molecule has 12 heavy (non-hydrogen) atoms. The molecule has 5 heteroatoms. The van der Waals surface area contributed by atoms with E-state index >= 15 is 0 Å². The first-order chi connectivity index (χ1) is 5.11. The number of amides is 2. The van der Waals surface area contributed by atoms with Crippen LogP contribution in [0.3, 0.4) is 0 Å². The number of hydrogen-bond donors (Lipinski definition) is 1. The zero-order chi connectivity index (χ0) is 8.43. The highest BCUT2D eigenvalue weighted by molar-refractivity contribution is 5.91. The first kappa shape index (κ1) is 11.2. The molecule has 0 aromatic heterocycles. The number of likely N-dealkylation sites (tertiary alicyclic amines) is 1. The van der Waals surface area contributed by atoms with E-state index in [-0.39, 0.29) is 18.3 Å². The number of imide groups is 1. The van der Waals surface area contributed by atoms with E-state index in [0.717, 1.165) is 11.3 Å². The zero-order valence-corrected chi connectivity index (χ0v) is 7.63. The number of carbonyl (C=O) groups excluding carboxylic acids is 1. The summed E-state index contributed by atoms with van der Waals surface area (Å²) < 4.78 is 0. The molecule has 1 aliphatic heterocycles. The molecule has 0 bridgehead atoms. The SMILES string of the molecule is CC1CCN(C(=O)O)C(=O)C1.Cl. The summed E-state index contributed by atoms with van der Waals surface area (Å²) in [6, 6.07) is 0. The van der Waals surface area contributed by atoms with Crippen molar-refractivity contribution in [2.75, 3.05) is 6.54 Å². The molecular weight excluding hydrogens is 182 g/mol. The summed E-state index contributed by atoms with van der Waals surface area (Å²) in [5, 5.41) is 8.50. The molecule has 1 heterocycles. The lowest BCUT2D eigenvalue weighted by Gasteiger charge is -2.25. The van der Waals surface area contributed by atoms with E-state index in [1.54, 1.807) is 0 Å². The van der Waals surface area contributed by atoms with Gasteiger partial charge in [0.2, 0.25) is 5.91 Å². The van der Waals surface area contributed by atoms with Crippen molar-refractivity contribution in [3.63, 3.8) is 0 Å². The molecule has 0 radical (unpaired) electrons. The summed E-state index contributed by atoms with van der Waals surface area (Å²) in [5.41, 5.74) is 0. The van der Waals surface area contributed by atoms with Gasteiger partial charge in [-0.2, -0.15) is 0 Å². The molecule has 0 aliphatic carbocycles. The predicted molar refractivity (Wildman–Crippen MR) is 45.4 cm³/mol. The van der Waals surface area contributed by atoms with Gasteiger partial charge < -0.3 is 5.11 Å². The fourth-order valence-electron chi connectivity index (χ4n) is 1.19. The third kappa shape index (κ3) is 2.37. The maximum absolute atomic E-state index is 11.0. The van der Waals surface area contributed by atoms with Crippen molar-refractivity contribution in [2.24, 2.45) is 5.92 Å². The topological polar surface area (TPSA) is 57.6 Å². The Hall–Kier alpha value is -0.770. The van der Waals surface area contributed by atoms with Crippen molar-refractivity contribution >= 4 is 24.4 Å². The Balaban J connectivity index is 0.00000121. The highest BCUT2D eigenvalue weighted by atomic mass is 35.5. The van der Waals surface area contributed by atoms with Crippen LogP contribution in [0.1, 0.15) is 19.8 Å². The largest absolute Gasteiger partial charge is 0.465 e. The lowest BCUT2D eigenvalue weighted by molar-refractivity contribution is -0.132. The number of nitrogens with zero attached hydrogens (tertiary/aromatic N) is 1. The second-order valence-corrected chi connectivity index (χ2v) is 2.93. The van der Waals surface area contributed by atoms with Crippen molar-refractivity contribution in [3.8, 4) is 0 Å². The number of hydrogen-bond acceptors (Lipinski definition) is 2. The van der Waals surface area contributed by atoms with Gasteiger partial charge in [-0.1, -0.05) is 6.92 Å². The average Bonchev–Trinajstić information content (AvgIpc) is 1.85. The first-order valence-corrected chi connectivity index (χ1v) is 3.64. The van der Waals surface area contributed by atoms with E-state index in [1.807, 2.05) is 6.92 Å². The molecule has 1 aliphatic rings. The Kier molecular flexibility index (Phi) is 4.03. The molecule has 0 spiro atoms. The van der Waals surface area contributed by atoms with Crippen LogP contribution in [0.4, 0.5) is 4.79 Å². The summed E-state index contributed by atoms with van der Waals surface area (Å²) in [5.74, 6) is 0.0642. The number of rotatable bonds is 0. The monoisotopic (exact) mass is 193 g/mol. The molecule has 4 nitrogen and oxygen atoms in total. The van der Waals surface area contributed by atoms with E-state index in [4.69, 9.17) is 5.11 Å². The second kappa shape index (κ2) is 4.30. The molecule has 2 amide bonds. The van der Waals surface area contributed by atoms with Crippen molar-refractivity contribution < 1.29 is 14.7 Å². The summed E-state index contributed by atoms with van der Waals surface area (Å²) in [6.07, 6.45) is 0.0338. The standard InChI is InChI=1S/C7H11NO3.ClH/c1-5-2-3-8(7(10)11)6(9)4-5;/h5H,2-4H2,1H3,(H,10,11);1H. The quantitative estimate of drug-likeness (QED) is 0.632. The number of piperidine rings is 1. The van der Waals surface area contributed by atoms with Crippen LogP contribution in [0.2, 0.25) is 0 Å². The van der Waals surface area contributed by atoms with Gasteiger partial charge in [-0.25, -0.2) is 9.69 Å². The third-order valence-corrected chi connectivity index (χ3v) is 1.90. The fourth-order valence-corrected chi connectivity index (χ4v) is 1.19. The molecule has 0 aromatic carbocycles. The lowest BCUT2D eigenvalue weighted by Crippen LogP contribution is -2.41. The number of carbonyl (C=O) groups is 2. The van der Waals surface area contributed by atoms with Gasteiger partial charge in [-0.05, 0) is 12.3 Å². The van der Waals surface area contributed by atoms with Crippen LogP contribution in [0.25, 0.3) is 0 Å². The smallest absolute Gasteiger partial charge is 0.414 e. The summed E-state index contributed by atoms with van der Waals surface area (Å²) >= 11 is 0. The average molecular weight is 194 g/mol. The van der Waals surface area contributed by atoms with Gasteiger partial charge >= 0.3 is 6.09 Å². The predicted octanol–water partition coefficient (Wildman–Crippen LogP) is 1.34. The molecule has 1 unspecified atom stereocenters. The number of carboxylic acid groups (broad SMARTS) is 1. The van der Waals surface area contributed by atoms with Crippen LogP contribution in [0.15, 0.2) is 0 Å². The van der Waals surface area contributed by atoms with Crippen LogP contribution in [-0.2, 0) is 4.79 Å². The Morgan fingerprint density at radius 3 is 2.67 bits per heavy atom. The lowest BCUT2D eigenvalue weighted by atomic mass is 9.99. The van der Waals surface area contributed by atoms with Crippen LogP contribution in [-0.4, -0.2) is 28.6 Å². The third-order valence-electron chi connectivity index (χ3n) is 1.90. The van der Waals surface area contributed by atoms with E-state index < -0.39 is 6.09 Å². The Morgan fingerprint density at radius 2 is 2.25 bits per heavy atom. The van der Waals surface area contributed by atoms with Gasteiger partial charge in [-0.15, -0.1) is 12.4 Å². The maximum atomic E-state index is 11.0. The Labute approximate surface area is 77.0 Å². The van der Waals surface area contributed by atoms with Gasteiger partial charge in [-0.3, -0.25) is 4.79 Å². The molecular formula is C7H12ClNO3. The zero-order valence-electron chi connectivity index (χ0n) is 6.82. The maximum Gasteiger partial charge on any atom is 0.414 e. The van der Waals surface area contributed by atoms with Crippen LogP contribution in [0, 0.1) is 5.92 Å². The molecule has 70 valence electrons. The van der Waals surface area contributed by atoms with Crippen molar-refractivity contribution in [2.45, 2.75) is 19.8 Å². The van der Waals surface area contributed by atoms with Gasteiger partial charge in [0.05, 0.1) is 0 Å². The molecule has 0 saturated carbocycles. The molecule has 1 atom stereocenters. The van der Waals surface area contributed by atoms with Crippen molar-refractivity contribution in [3.05, 3.63) is 0 Å². The summed E-state index contributed by atoms with van der Waals surface area (Å²) in [7, 11) is 0. The van der Waals surface area contributed by atoms with Gasteiger partial charge in [0.15, 0.2) is 0 Å². The molecule has 1 saturated heterocycles. The van der Waals surface area contributed by atoms with Crippen LogP contribution >= 0.6 is 12.4 Å². The van der Waals surface area contributed by atoms with Gasteiger partial charge in [0.25, 0.3) is 0 Å². The van der Waals surface area contributed by atoms with Gasteiger partial charge in [0.1, 0.15) is 0 Å². The van der Waals surface area contributed by atoms with Gasteiger partial charge in [0, 0.05) is 13.0 Å². The fraction of sp³-hybridized carbons (Fsp3) is 0.714. The second-order valence-electron chi connectivity index (χ2n) is 2.93. The van der Waals surface area contributed by atoms with Crippen LogP contribution in [0.5, 0.6) is 0 Å².